The summed E-state index contributed by atoms with van der Waals surface area (Å²) in [6.07, 6.45) is 2.81. The molecule has 1 amide bonds. The van der Waals surface area contributed by atoms with Crippen LogP contribution in [0.25, 0.3) is 0 Å². The molecule has 1 aromatic rings. The molecule has 0 spiro atoms. The van der Waals surface area contributed by atoms with Crippen LogP contribution < -0.4 is 10.1 Å². The number of hydrogen-bond donors (Lipinski definition) is 2. The maximum atomic E-state index is 13.5. The number of benzene rings is 1. The Bertz CT molecular complexity index is 445. The summed E-state index contributed by atoms with van der Waals surface area (Å²) in [7, 11) is 1.40. The Morgan fingerprint density at radius 2 is 2.19 bits per heavy atom. The molecule has 0 heterocycles. The smallest absolute Gasteiger partial charge is 0.224 e. The van der Waals surface area contributed by atoms with Crippen molar-refractivity contribution in [3.05, 3.63) is 29.6 Å². The van der Waals surface area contributed by atoms with Crippen molar-refractivity contribution in [2.75, 3.05) is 20.3 Å². The summed E-state index contributed by atoms with van der Waals surface area (Å²) >= 11 is 0. The minimum Gasteiger partial charge on any atom is -0.494 e. The van der Waals surface area contributed by atoms with E-state index in [-0.39, 0.29) is 30.6 Å². The zero-order valence-electron chi connectivity index (χ0n) is 12.7. The predicted molar refractivity (Wildman–Crippen MR) is 79.8 cm³/mol. The summed E-state index contributed by atoms with van der Waals surface area (Å²) in [5.41, 5.74) is 0.611. The van der Waals surface area contributed by atoms with Gasteiger partial charge in [0.1, 0.15) is 0 Å². The Morgan fingerprint density at radius 3 is 2.76 bits per heavy atom. The second-order valence-electron chi connectivity index (χ2n) is 5.12. The van der Waals surface area contributed by atoms with Crippen LogP contribution in [0.2, 0.25) is 0 Å². The fourth-order valence-electron chi connectivity index (χ4n) is 2.27. The van der Waals surface area contributed by atoms with Crippen molar-refractivity contribution in [3.8, 4) is 5.75 Å². The lowest BCUT2D eigenvalue weighted by Crippen LogP contribution is -2.31. The zero-order chi connectivity index (χ0) is 15.7. The first-order chi connectivity index (χ1) is 10.1. The predicted octanol–water partition coefficient (Wildman–Crippen LogP) is 2.29. The van der Waals surface area contributed by atoms with Crippen LogP contribution >= 0.6 is 0 Å². The van der Waals surface area contributed by atoms with Gasteiger partial charge in [-0.25, -0.2) is 4.39 Å². The highest BCUT2D eigenvalue weighted by atomic mass is 19.1. The molecule has 0 radical (unpaired) electrons. The number of aliphatic hydroxyl groups excluding tert-OH is 1. The first kappa shape index (κ1) is 17.4. The number of amides is 1. The summed E-state index contributed by atoms with van der Waals surface area (Å²) in [5.74, 6) is -0.146. The van der Waals surface area contributed by atoms with Gasteiger partial charge in [0.25, 0.3) is 0 Å². The normalized spacial score (nSPS) is 12.0. The van der Waals surface area contributed by atoms with Crippen molar-refractivity contribution in [2.45, 2.75) is 32.6 Å². The van der Waals surface area contributed by atoms with Gasteiger partial charge < -0.3 is 15.2 Å². The lowest BCUT2D eigenvalue weighted by molar-refractivity contribution is -0.120. The fourth-order valence-corrected chi connectivity index (χ4v) is 2.27. The van der Waals surface area contributed by atoms with Crippen LogP contribution in [0.15, 0.2) is 18.2 Å². The molecule has 1 aromatic carbocycles. The van der Waals surface area contributed by atoms with E-state index in [2.05, 4.69) is 12.2 Å². The van der Waals surface area contributed by atoms with E-state index in [0.29, 0.717) is 18.5 Å². The van der Waals surface area contributed by atoms with Crippen molar-refractivity contribution >= 4 is 5.91 Å². The third-order valence-corrected chi connectivity index (χ3v) is 3.40. The van der Waals surface area contributed by atoms with Crippen molar-refractivity contribution in [1.82, 2.24) is 5.32 Å². The van der Waals surface area contributed by atoms with Crippen molar-refractivity contribution in [1.29, 1.82) is 0 Å². The van der Waals surface area contributed by atoms with E-state index in [1.165, 1.54) is 19.2 Å². The SMILES string of the molecule is CCCC(CCO)CNC(=O)Cc1ccc(OC)c(F)c1. The van der Waals surface area contributed by atoms with Gasteiger partial charge in [-0.05, 0) is 36.5 Å². The van der Waals surface area contributed by atoms with Gasteiger partial charge in [-0.3, -0.25) is 4.79 Å². The first-order valence-corrected chi connectivity index (χ1v) is 7.30. The Hall–Kier alpha value is -1.62. The van der Waals surface area contributed by atoms with Gasteiger partial charge in [-0.2, -0.15) is 0 Å². The number of carbonyl (C=O) groups is 1. The second kappa shape index (κ2) is 9.34. The number of hydrogen-bond acceptors (Lipinski definition) is 3. The molecule has 1 rings (SSSR count). The number of aliphatic hydroxyl groups is 1. The van der Waals surface area contributed by atoms with E-state index in [4.69, 9.17) is 9.84 Å². The molecule has 2 N–H and O–H groups in total. The molecule has 118 valence electrons. The third-order valence-electron chi connectivity index (χ3n) is 3.40. The third kappa shape index (κ3) is 6.12. The topological polar surface area (TPSA) is 58.6 Å². The van der Waals surface area contributed by atoms with E-state index in [0.717, 1.165) is 12.8 Å². The van der Waals surface area contributed by atoms with Crippen LogP contribution in [-0.2, 0) is 11.2 Å². The van der Waals surface area contributed by atoms with Crippen LogP contribution in [0.1, 0.15) is 31.7 Å². The minimum atomic E-state index is -0.466. The van der Waals surface area contributed by atoms with Crippen molar-refractivity contribution < 1.29 is 19.0 Å². The van der Waals surface area contributed by atoms with Crippen LogP contribution in [0, 0.1) is 11.7 Å². The van der Waals surface area contributed by atoms with Gasteiger partial charge in [0, 0.05) is 13.2 Å². The summed E-state index contributed by atoms with van der Waals surface area (Å²) < 4.78 is 18.4. The molecule has 5 heteroatoms. The van der Waals surface area contributed by atoms with E-state index >= 15 is 0 Å². The maximum Gasteiger partial charge on any atom is 0.224 e. The molecule has 0 aromatic heterocycles. The molecule has 0 aliphatic rings. The highest BCUT2D eigenvalue weighted by molar-refractivity contribution is 5.78. The molecule has 1 unspecified atom stereocenters. The van der Waals surface area contributed by atoms with Gasteiger partial charge in [-0.1, -0.05) is 19.4 Å². The number of ether oxygens (including phenoxy) is 1. The largest absolute Gasteiger partial charge is 0.494 e. The molecule has 0 aliphatic heterocycles. The Morgan fingerprint density at radius 1 is 1.43 bits per heavy atom. The number of rotatable bonds is 9. The Balaban J connectivity index is 2.47. The minimum absolute atomic E-state index is 0.129. The molecule has 0 saturated carbocycles. The Kier molecular flexibility index (Phi) is 7.75. The monoisotopic (exact) mass is 297 g/mol. The lowest BCUT2D eigenvalue weighted by atomic mass is 10.00. The Labute approximate surface area is 125 Å². The fraction of sp³-hybridized carbons (Fsp3) is 0.562. The summed E-state index contributed by atoms with van der Waals surface area (Å²) in [5, 5.41) is 11.8. The molecule has 0 fully saturated rings. The van der Waals surface area contributed by atoms with E-state index in [1.807, 2.05) is 0 Å². The van der Waals surface area contributed by atoms with Crippen LogP contribution in [0.3, 0.4) is 0 Å². The highest BCUT2D eigenvalue weighted by Crippen LogP contribution is 2.18. The molecule has 21 heavy (non-hydrogen) atoms. The summed E-state index contributed by atoms with van der Waals surface area (Å²) in [6.45, 7) is 2.75. The van der Waals surface area contributed by atoms with Gasteiger partial charge in [0.15, 0.2) is 11.6 Å². The highest BCUT2D eigenvalue weighted by Gasteiger charge is 2.11. The number of methoxy groups -OCH3 is 1. The van der Waals surface area contributed by atoms with Gasteiger partial charge >= 0.3 is 0 Å². The molecule has 0 aliphatic carbocycles. The molecule has 0 saturated heterocycles. The van der Waals surface area contributed by atoms with E-state index < -0.39 is 5.82 Å². The van der Waals surface area contributed by atoms with Crippen LogP contribution in [0.5, 0.6) is 5.75 Å². The van der Waals surface area contributed by atoms with E-state index in [1.54, 1.807) is 6.07 Å². The number of carbonyl (C=O) groups excluding carboxylic acids is 1. The molecule has 4 nitrogen and oxygen atoms in total. The van der Waals surface area contributed by atoms with Crippen molar-refractivity contribution in [3.63, 3.8) is 0 Å². The maximum absolute atomic E-state index is 13.5. The van der Waals surface area contributed by atoms with Gasteiger partial charge in [0.05, 0.1) is 13.5 Å². The quantitative estimate of drug-likeness (QED) is 0.735. The number of halogens is 1. The lowest BCUT2D eigenvalue weighted by Gasteiger charge is -2.15. The van der Waals surface area contributed by atoms with Gasteiger partial charge in [0.2, 0.25) is 5.91 Å². The summed E-state index contributed by atoms with van der Waals surface area (Å²) in [4.78, 5) is 11.9. The summed E-state index contributed by atoms with van der Waals surface area (Å²) in [6, 6.07) is 4.51. The average molecular weight is 297 g/mol. The first-order valence-electron chi connectivity index (χ1n) is 7.30. The zero-order valence-corrected chi connectivity index (χ0v) is 12.7. The van der Waals surface area contributed by atoms with Gasteiger partial charge in [-0.15, -0.1) is 0 Å². The molecule has 0 bridgehead atoms. The van der Waals surface area contributed by atoms with Crippen LogP contribution in [0.4, 0.5) is 4.39 Å². The second-order valence-corrected chi connectivity index (χ2v) is 5.12. The average Bonchev–Trinajstić information content (AvgIpc) is 2.45. The molecule has 1 atom stereocenters. The van der Waals surface area contributed by atoms with E-state index in [9.17, 15) is 9.18 Å². The molecular weight excluding hydrogens is 273 g/mol. The van der Waals surface area contributed by atoms with Crippen molar-refractivity contribution in [2.24, 2.45) is 5.92 Å². The molecular formula is C16H24FNO3. The number of nitrogens with one attached hydrogen (secondary N) is 1. The van der Waals surface area contributed by atoms with Crippen LogP contribution in [-0.4, -0.2) is 31.3 Å². The standard InChI is InChI=1S/C16H24FNO3/c1-3-4-12(7-8-19)11-18-16(20)10-13-5-6-15(21-2)14(17)9-13/h5-6,9,12,19H,3-4,7-8,10-11H2,1-2H3,(H,18,20).